The zero-order valence-corrected chi connectivity index (χ0v) is 73.6. The van der Waals surface area contributed by atoms with Crippen molar-refractivity contribution in [3.8, 4) is 33.4 Å². The number of rotatable bonds is 26. The number of aromatic nitrogens is 6. The van der Waals surface area contributed by atoms with Crippen molar-refractivity contribution >= 4 is 117 Å². The number of piperidine rings is 3. The number of nitrogen functional groups attached to an aromatic ring is 1. The van der Waals surface area contributed by atoms with E-state index < -0.39 is 23.4 Å². The molecule has 11 aromatic rings. The fourth-order valence-electron chi connectivity index (χ4n) is 14.4. The molecule has 0 radical (unpaired) electrons. The van der Waals surface area contributed by atoms with Gasteiger partial charge in [-0.1, -0.05) is 78.9 Å². The van der Waals surface area contributed by atoms with Gasteiger partial charge in [0.15, 0.2) is 0 Å². The number of carboxylic acid groups (broad SMARTS) is 1. The first-order valence-electron chi connectivity index (χ1n) is 42.2. The molecule has 3 fully saturated rings. The number of amides is 5. The molecular weight excluding hydrogens is 1600 g/mol. The molecule has 3 aliphatic rings. The van der Waals surface area contributed by atoms with Gasteiger partial charge < -0.3 is 40.9 Å². The Labute approximate surface area is 734 Å². The summed E-state index contributed by atoms with van der Waals surface area (Å²) in [4.78, 5) is 123. The minimum absolute atomic E-state index is 0.0880. The molecule has 3 aliphatic heterocycles. The quantitative estimate of drug-likeness (QED) is 0.0150. The second-order valence-electron chi connectivity index (χ2n) is 32.4. The Hall–Kier alpha value is -12.8. The molecule has 0 saturated carbocycles. The maximum Gasteiger partial charge on any atom is 0.307 e. The van der Waals surface area contributed by atoms with Gasteiger partial charge in [-0.15, -0.1) is 0 Å². The van der Waals surface area contributed by atoms with Crippen molar-refractivity contribution in [3.05, 3.63) is 267 Å². The van der Waals surface area contributed by atoms with Crippen molar-refractivity contribution in [2.45, 2.75) is 150 Å². The fourth-order valence-corrected chi connectivity index (χ4v) is 16.2. The van der Waals surface area contributed by atoms with Crippen LogP contribution in [0.4, 0.5) is 52.0 Å². The summed E-state index contributed by atoms with van der Waals surface area (Å²) < 4.78 is 5.38. The lowest BCUT2D eigenvalue weighted by atomic mass is 10.0. The van der Waals surface area contributed by atoms with Crippen LogP contribution in [0.2, 0.25) is 0 Å². The van der Waals surface area contributed by atoms with Crippen LogP contribution in [0, 0.1) is 41.5 Å². The van der Waals surface area contributed by atoms with E-state index in [2.05, 4.69) is 149 Å². The van der Waals surface area contributed by atoms with Gasteiger partial charge in [0, 0.05) is 150 Å². The molecule has 8 aromatic carbocycles. The number of thioether (sulfide) groups is 2. The van der Waals surface area contributed by atoms with Gasteiger partial charge in [0.1, 0.15) is 5.60 Å². The fraction of sp³-hybridized carbons (Fsp3) is 0.316. The first-order valence-corrected chi connectivity index (χ1v) is 44.5. The molecule has 8 N–H and O–H groups in total. The van der Waals surface area contributed by atoms with E-state index in [0.717, 1.165) is 127 Å². The molecule has 3 aromatic heterocycles. The van der Waals surface area contributed by atoms with Gasteiger partial charge in [-0.3, -0.25) is 49.5 Å². The molecule has 14 rings (SSSR count). The predicted molar refractivity (Wildman–Crippen MR) is 500 cm³/mol. The van der Waals surface area contributed by atoms with E-state index in [-0.39, 0.29) is 48.0 Å². The lowest BCUT2D eigenvalue weighted by Gasteiger charge is -2.29. The highest BCUT2D eigenvalue weighted by molar-refractivity contribution is 7.98. The molecule has 642 valence electrons. The maximum atomic E-state index is 13.8. The number of carboxylic acids is 1. The number of carbonyl (C=O) groups is 7. The van der Waals surface area contributed by atoms with Crippen LogP contribution in [0.5, 0.6) is 0 Å². The number of nitrogens with zero attached hydrogens (tertiary/aromatic N) is 9. The first-order chi connectivity index (χ1) is 59.7. The van der Waals surface area contributed by atoms with Crippen LogP contribution in [-0.2, 0) is 25.8 Å². The Balaban J connectivity index is 0.000000174. The molecule has 124 heavy (non-hydrogen) atoms. The van der Waals surface area contributed by atoms with E-state index in [1.165, 1.54) is 77.2 Å². The Kier molecular flexibility index (Phi) is 31.6. The summed E-state index contributed by atoms with van der Waals surface area (Å²) in [6.45, 7) is 23.7. The number of anilines is 9. The van der Waals surface area contributed by atoms with Crippen LogP contribution in [-0.4, -0.2) is 133 Å². The summed E-state index contributed by atoms with van der Waals surface area (Å²) >= 11 is 3.11. The molecule has 0 spiro atoms. The summed E-state index contributed by atoms with van der Waals surface area (Å²) in [6.07, 6.45) is 21.0. The lowest BCUT2D eigenvalue weighted by Crippen LogP contribution is -2.29. The van der Waals surface area contributed by atoms with Crippen molar-refractivity contribution in [1.29, 1.82) is 0 Å². The number of nitrogens with one attached hydrogen (secondary N) is 5. The number of benzene rings is 8. The van der Waals surface area contributed by atoms with Crippen LogP contribution in [0.3, 0.4) is 0 Å². The lowest BCUT2D eigenvalue weighted by molar-refractivity contribution is -0.154. The Morgan fingerprint density at radius 1 is 0.379 bits per heavy atom. The van der Waals surface area contributed by atoms with Gasteiger partial charge in [-0.2, -0.15) is 23.5 Å². The molecule has 5 amide bonds. The van der Waals surface area contributed by atoms with Crippen molar-refractivity contribution < 1.29 is 43.4 Å². The number of nitrogens with two attached hydrogens (primary N) is 1. The third kappa shape index (κ3) is 25.9. The molecule has 0 aliphatic carbocycles. The van der Waals surface area contributed by atoms with Crippen molar-refractivity contribution in [2.24, 2.45) is 0 Å². The average Bonchev–Trinajstić information content (AvgIpc) is 0.795. The van der Waals surface area contributed by atoms with Crippen molar-refractivity contribution in [1.82, 2.24) is 29.9 Å². The van der Waals surface area contributed by atoms with Gasteiger partial charge in [-0.05, 0) is 260 Å². The second-order valence-corrected chi connectivity index (χ2v) is 34.6. The smallest absolute Gasteiger partial charge is 0.307 e. The number of aliphatic carboxylic acids is 1. The monoisotopic (exact) mass is 1700 g/mol. The Bertz CT molecular complexity index is 5610. The van der Waals surface area contributed by atoms with Gasteiger partial charge in [-0.25, -0.2) is 29.9 Å². The van der Waals surface area contributed by atoms with Crippen LogP contribution < -0.4 is 47.0 Å². The molecule has 0 unspecified atom stereocenters. The zero-order valence-electron chi connectivity index (χ0n) is 72.0. The highest BCUT2D eigenvalue weighted by Gasteiger charge is 2.25. The van der Waals surface area contributed by atoms with Crippen molar-refractivity contribution in [2.75, 3.05) is 97.8 Å². The summed E-state index contributed by atoms with van der Waals surface area (Å²) in [6, 6.07) is 49.9. The molecule has 3 saturated heterocycles. The highest BCUT2D eigenvalue weighted by atomic mass is 32.2. The molecular formula is C98H109N15O9S2. The summed E-state index contributed by atoms with van der Waals surface area (Å²) in [5, 5.41) is 23.2. The zero-order chi connectivity index (χ0) is 87.8. The molecule has 0 bridgehead atoms. The van der Waals surface area contributed by atoms with Gasteiger partial charge >= 0.3 is 11.9 Å². The minimum Gasteiger partial charge on any atom is -0.481 e. The normalized spacial score (nSPS) is 13.2. The van der Waals surface area contributed by atoms with E-state index in [4.69, 9.17) is 15.6 Å². The summed E-state index contributed by atoms with van der Waals surface area (Å²) in [7, 11) is 0. The predicted octanol–water partition coefficient (Wildman–Crippen LogP) is 19.8. The molecule has 24 nitrogen and oxygen atoms in total. The van der Waals surface area contributed by atoms with Crippen LogP contribution in [0.1, 0.15) is 188 Å². The summed E-state index contributed by atoms with van der Waals surface area (Å²) in [5.41, 5.74) is 26.4. The van der Waals surface area contributed by atoms with Gasteiger partial charge in [0.25, 0.3) is 29.5 Å². The van der Waals surface area contributed by atoms with Crippen molar-refractivity contribution in [3.63, 3.8) is 0 Å². The van der Waals surface area contributed by atoms with Crippen LogP contribution >= 0.6 is 23.5 Å². The number of hydrogen-bond donors (Lipinski definition) is 7. The SMILES string of the molecule is Cc1ccc(-c2cnc(NC(=O)c3cc(N4CCCCC4)ccc3N)nc2)cc1C.Cc1ccc(-c2cnc(NC(=O)c3cc(N4CCCCC4)ccc3NC(=O)c3cccc(CSCCC(=O)O)c3)nc2)cc1C.Cc1ccc(-c2cnc(NC(=O)c3cc(N4CCCCC4)ccc3NC(=O)c3cccc(CSCCC(=O)OC(C)(C)C)c3)nc2)cc1C. The number of esters is 1. The second kappa shape index (κ2) is 43.3. The van der Waals surface area contributed by atoms with E-state index in [0.29, 0.717) is 74.3 Å². The maximum absolute atomic E-state index is 13.8. The van der Waals surface area contributed by atoms with E-state index in [1.54, 1.807) is 91.4 Å². The standard InChI is InChI=1S/C39H45N5O4S.C35H37N5O4S.C24H27N5O/c1-26-12-13-29(20-27(26)2)31-23-40-38(41-24-31)43-37(47)33-22-32(44-17-7-6-8-18-44)14-15-34(33)42-36(46)30-11-9-10-28(21-30)25-49-19-16-35(45)48-39(3,4)5;1-23-9-10-26(17-24(23)2)28-20-36-35(37-21-28)39-34(44)30-19-29(40-14-4-3-5-15-40)11-12-31(30)38-33(43)27-8-6-7-25(18-27)22-45-16-13-32(41)42;1-16-6-7-18(12-17(16)2)19-14-26-24(27-15-19)28-23(30)21-13-20(8-9-22(21)25)29-10-4-3-5-11-29/h9-15,20-24H,6-8,16-19,25H2,1-5H3,(H,42,46)(H,40,41,43,47);6-12,17-21H,3-5,13-16,22H2,1-2H3,(H,38,43)(H,41,42)(H,36,37,39,44);6-9,12-15H,3-5,10-11,25H2,1-2H3,(H,26,27,28,30). The van der Waals surface area contributed by atoms with Crippen LogP contribution in [0.15, 0.2) is 195 Å². The third-order valence-electron chi connectivity index (χ3n) is 21.8. The van der Waals surface area contributed by atoms with E-state index >= 15 is 0 Å². The van der Waals surface area contributed by atoms with E-state index in [9.17, 15) is 33.6 Å². The van der Waals surface area contributed by atoms with Crippen LogP contribution in [0.25, 0.3) is 33.4 Å². The molecule has 6 heterocycles. The number of aryl methyl sites for hydroxylation is 6. The van der Waals surface area contributed by atoms with E-state index in [1.807, 2.05) is 99.6 Å². The molecule has 0 atom stereocenters. The molecule has 26 heteroatoms. The summed E-state index contributed by atoms with van der Waals surface area (Å²) in [5.74, 6) is 0.0845. The third-order valence-corrected chi connectivity index (χ3v) is 23.9. The Morgan fingerprint density at radius 3 is 1.06 bits per heavy atom. The average molecular weight is 1710 g/mol. The largest absolute Gasteiger partial charge is 0.481 e. The highest BCUT2D eigenvalue weighted by Crippen LogP contribution is 2.33. The number of ether oxygens (including phenoxy) is 1. The topological polar surface area (TPSA) is 322 Å². The van der Waals surface area contributed by atoms with Gasteiger partial charge in [0.05, 0.1) is 40.9 Å². The first kappa shape index (κ1) is 90.4. The Morgan fingerprint density at radius 2 is 0.718 bits per heavy atom. The number of carbonyl (C=O) groups excluding carboxylic acids is 6. The minimum atomic E-state index is -0.831. The number of hydrogen-bond acceptors (Lipinski definition) is 20. The van der Waals surface area contributed by atoms with Gasteiger partial charge in [0.2, 0.25) is 17.8 Å².